The van der Waals surface area contributed by atoms with Gasteiger partial charge in [-0.3, -0.25) is 4.90 Å². The van der Waals surface area contributed by atoms with Crippen molar-refractivity contribution in [3.63, 3.8) is 0 Å². The van der Waals surface area contributed by atoms with E-state index in [2.05, 4.69) is 16.6 Å². The zero-order valence-electron chi connectivity index (χ0n) is 11.3. The van der Waals surface area contributed by atoms with Crippen molar-refractivity contribution in [3.8, 4) is 5.75 Å². The van der Waals surface area contributed by atoms with Crippen LogP contribution in [0.15, 0.2) is 24.3 Å². The number of alkyl halides is 2. The standard InChI is InChI=1S/C15H21F2NO/c1-2-9-18(10-12-7-8-12)11-13-5-3-4-6-14(13)19-15(16)17/h3-6,12,15H,2,7-11H2,1H3. The van der Waals surface area contributed by atoms with Gasteiger partial charge in [-0.25, -0.2) is 0 Å². The topological polar surface area (TPSA) is 12.5 Å². The van der Waals surface area contributed by atoms with E-state index in [1.165, 1.54) is 12.8 Å². The summed E-state index contributed by atoms with van der Waals surface area (Å²) >= 11 is 0. The smallest absolute Gasteiger partial charge is 0.387 e. The Morgan fingerprint density at radius 3 is 2.68 bits per heavy atom. The molecule has 0 spiro atoms. The zero-order chi connectivity index (χ0) is 13.7. The van der Waals surface area contributed by atoms with E-state index >= 15 is 0 Å². The highest BCUT2D eigenvalue weighted by atomic mass is 19.3. The first-order valence-electron chi connectivity index (χ1n) is 6.94. The van der Waals surface area contributed by atoms with E-state index in [1.54, 1.807) is 12.1 Å². The number of para-hydroxylation sites is 1. The van der Waals surface area contributed by atoms with Gasteiger partial charge in [-0.2, -0.15) is 8.78 Å². The molecular formula is C15H21F2NO. The SMILES string of the molecule is CCCN(Cc1ccccc1OC(F)F)CC1CC1. The van der Waals surface area contributed by atoms with Gasteiger partial charge in [0.15, 0.2) is 0 Å². The van der Waals surface area contributed by atoms with Crippen LogP contribution in [0.5, 0.6) is 5.75 Å². The molecule has 2 rings (SSSR count). The van der Waals surface area contributed by atoms with Gasteiger partial charge in [0.25, 0.3) is 0 Å². The summed E-state index contributed by atoms with van der Waals surface area (Å²) in [6.45, 7) is 2.13. The Labute approximate surface area is 113 Å². The summed E-state index contributed by atoms with van der Waals surface area (Å²) in [6.07, 6.45) is 3.68. The predicted octanol–water partition coefficient (Wildman–Crippen LogP) is 3.91. The van der Waals surface area contributed by atoms with Gasteiger partial charge in [-0.15, -0.1) is 0 Å². The second-order valence-electron chi connectivity index (χ2n) is 5.16. The van der Waals surface area contributed by atoms with E-state index in [1.807, 2.05) is 12.1 Å². The average Bonchev–Trinajstić information content (AvgIpc) is 3.15. The van der Waals surface area contributed by atoms with Crippen molar-refractivity contribution >= 4 is 0 Å². The molecule has 0 aromatic heterocycles. The Hall–Kier alpha value is -1.16. The second-order valence-corrected chi connectivity index (χ2v) is 5.16. The van der Waals surface area contributed by atoms with Gasteiger partial charge in [-0.05, 0) is 37.8 Å². The summed E-state index contributed by atoms with van der Waals surface area (Å²) < 4.78 is 29.3. The molecule has 0 atom stereocenters. The molecule has 1 aromatic carbocycles. The molecule has 0 aliphatic heterocycles. The number of benzene rings is 1. The maximum atomic E-state index is 12.4. The van der Waals surface area contributed by atoms with Crippen LogP contribution in [0, 0.1) is 5.92 Å². The van der Waals surface area contributed by atoms with E-state index in [9.17, 15) is 8.78 Å². The van der Waals surface area contributed by atoms with Gasteiger partial charge in [-0.1, -0.05) is 25.1 Å². The molecule has 2 nitrogen and oxygen atoms in total. The first-order chi connectivity index (χ1) is 9.19. The fourth-order valence-corrected chi connectivity index (χ4v) is 2.30. The molecule has 19 heavy (non-hydrogen) atoms. The zero-order valence-corrected chi connectivity index (χ0v) is 11.3. The van der Waals surface area contributed by atoms with Crippen molar-refractivity contribution in [2.24, 2.45) is 5.92 Å². The molecule has 0 bridgehead atoms. The van der Waals surface area contributed by atoms with Crippen LogP contribution >= 0.6 is 0 Å². The predicted molar refractivity (Wildman–Crippen MR) is 71.4 cm³/mol. The number of ether oxygens (including phenoxy) is 1. The molecule has 1 saturated carbocycles. The van der Waals surface area contributed by atoms with Crippen molar-refractivity contribution in [1.29, 1.82) is 0 Å². The first kappa shape index (κ1) is 14.3. The molecule has 106 valence electrons. The molecule has 1 fully saturated rings. The number of halogens is 2. The molecule has 0 N–H and O–H groups in total. The van der Waals surface area contributed by atoms with E-state index < -0.39 is 6.61 Å². The lowest BCUT2D eigenvalue weighted by Gasteiger charge is -2.22. The summed E-state index contributed by atoms with van der Waals surface area (Å²) in [6, 6.07) is 7.08. The van der Waals surface area contributed by atoms with Gasteiger partial charge in [0.2, 0.25) is 0 Å². The van der Waals surface area contributed by atoms with Gasteiger partial charge in [0, 0.05) is 18.7 Å². The van der Waals surface area contributed by atoms with Crippen LogP contribution in [0.1, 0.15) is 31.7 Å². The minimum absolute atomic E-state index is 0.300. The van der Waals surface area contributed by atoms with Crippen LogP contribution in [0.4, 0.5) is 8.78 Å². The summed E-state index contributed by atoms with van der Waals surface area (Å²) in [7, 11) is 0. The Balaban J connectivity index is 2.01. The Kier molecular flexibility index (Phi) is 5.14. The second kappa shape index (κ2) is 6.85. The molecule has 4 heteroatoms. The molecule has 0 saturated heterocycles. The lowest BCUT2D eigenvalue weighted by molar-refractivity contribution is -0.0507. The molecule has 1 aliphatic carbocycles. The Morgan fingerprint density at radius 1 is 1.32 bits per heavy atom. The largest absolute Gasteiger partial charge is 0.434 e. The van der Waals surface area contributed by atoms with E-state index in [4.69, 9.17) is 0 Å². The van der Waals surface area contributed by atoms with E-state index in [-0.39, 0.29) is 0 Å². The molecular weight excluding hydrogens is 248 g/mol. The third-order valence-electron chi connectivity index (χ3n) is 3.34. The van der Waals surface area contributed by atoms with E-state index in [0.717, 1.165) is 31.0 Å². The van der Waals surface area contributed by atoms with Crippen molar-refractivity contribution in [1.82, 2.24) is 4.90 Å². The molecule has 0 heterocycles. The minimum atomic E-state index is -2.76. The summed E-state index contributed by atoms with van der Waals surface area (Å²) in [5.41, 5.74) is 0.844. The monoisotopic (exact) mass is 269 g/mol. The van der Waals surface area contributed by atoms with Crippen LogP contribution < -0.4 is 4.74 Å². The maximum Gasteiger partial charge on any atom is 0.387 e. The average molecular weight is 269 g/mol. The van der Waals surface area contributed by atoms with E-state index in [0.29, 0.717) is 12.3 Å². The van der Waals surface area contributed by atoms with Crippen molar-refractivity contribution < 1.29 is 13.5 Å². The fourth-order valence-electron chi connectivity index (χ4n) is 2.30. The molecule has 0 amide bonds. The van der Waals surface area contributed by atoms with Crippen LogP contribution in [-0.2, 0) is 6.54 Å². The van der Waals surface area contributed by atoms with Crippen molar-refractivity contribution in [2.75, 3.05) is 13.1 Å². The highest BCUT2D eigenvalue weighted by Gasteiger charge is 2.24. The van der Waals surface area contributed by atoms with Gasteiger partial charge in [0.1, 0.15) is 5.75 Å². The molecule has 0 unspecified atom stereocenters. The van der Waals surface area contributed by atoms with Crippen molar-refractivity contribution in [3.05, 3.63) is 29.8 Å². The van der Waals surface area contributed by atoms with Crippen LogP contribution in [0.2, 0.25) is 0 Å². The lowest BCUT2D eigenvalue weighted by Crippen LogP contribution is -2.26. The summed E-state index contributed by atoms with van der Waals surface area (Å²) in [5, 5.41) is 0. The van der Waals surface area contributed by atoms with Crippen LogP contribution in [0.25, 0.3) is 0 Å². The quantitative estimate of drug-likeness (QED) is 0.709. The minimum Gasteiger partial charge on any atom is -0.434 e. The highest BCUT2D eigenvalue weighted by molar-refractivity contribution is 5.33. The normalized spacial score (nSPS) is 15.2. The third-order valence-corrected chi connectivity index (χ3v) is 3.34. The van der Waals surface area contributed by atoms with Crippen molar-refractivity contribution in [2.45, 2.75) is 39.3 Å². The first-order valence-corrected chi connectivity index (χ1v) is 6.94. The number of hydrogen-bond acceptors (Lipinski definition) is 2. The Morgan fingerprint density at radius 2 is 2.05 bits per heavy atom. The van der Waals surface area contributed by atoms with Gasteiger partial charge < -0.3 is 4.74 Å². The number of rotatable bonds is 8. The van der Waals surface area contributed by atoms with Gasteiger partial charge in [0.05, 0.1) is 0 Å². The van der Waals surface area contributed by atoms with Crippen LogP contribution in [0.3, 0.4) is 0 Å². The molecule has 1 aromatic rings. The summed E-state index contributed by atoms with van der Waals surface area (Å²) in [4.78, 5) is 2.34. The highest BCUT2D eigenvalue weighted by Crippen LogP contribution is 2.31. The molecule has 1 aliphatic rings. The van der Waals surface area contributed by atoms with Gasteiger partial charge >= 0.3 is 6.61 Å². The lowest BCUT2D eigenvalue weighted by atomic mass is 10.1. The number of nitrogens with zero attached hydrogens (tertiary/aromatic N) is 1. The molecule has 0 radical (unpaired) electrons. The summed E-state index contributed by atoms with van der Waals surface area (Å²) in [5.74, 6) is 1.10. The fraction of sp³-hybridized carbons (Fsp3) is 0.600. The third kappa shape index (κ3) is 4.78. The Bertz CT molecular complexity index is 393. The maximum absolute atomic E-state index is 12.4. The van der Waals surface area contributed by atoms with Crippen LogP contribution in [-0.4, -0.2) is 24.6 Å². The number of hydrogen-bond donors (Lipinski definition) is 0.